The average molecular weight is 325 g/mol. The Hall–Kier alpha value is -2.00. The van der Waals surface area contributed by atoms with Crippen LogP contribution in [0.5, 0.6) is 11.5 Å². The first-order chi connectivity index (χ1) is 11.7. The van der Waals surface area contributed by atoms with Crippen LogP contribution in [0.4, 0.5) is 0 Å². The van der Waals surface area contributed by atoms with E-state index >= 15 is 0 Å². The largest absolute Gasteiger partial charge is 0.493 e. The first-order valence-electron chi connectivity index (χ1n) is 8.77. The zero-order valence-electron chi connectivity index (χ0n) is 14.9. The monoisotopic (exact) mass is 325 g/mol. The fourth-order valence-corrected chi connectivity index (χ4v) is 3.40. The van der Waals surface area contributed by atoms with Gasteiger partial charge in [0.1, 0.15) is 0 Å². The smallest absolute Gasteiger partial charge is 0.161 e. The van der Waals surface area contributed by atoms with Crippen LogP contribution in [-0.4, -0.2) is 14.2 Å². The number of hydrogen-bond donors (Lipinski definition) is 1. The van der Waals surface area contributed by atoms with Gasteiger partial charge in [0.25, 0.3) is 0 Å². The maximum atomic E-state index is 5.38. The number of aryl methyl sites for hydroxylation is 2. The molecule has 0 saturated heterocycles. The van der Waals surface area contributed by atoms with Gasteiger partial charge in [0.05, 0.1) is 14.2 Å². The Labute approximate surface area is 145 Å². The number of hydrogen-bond acceptors (Lipinski definition) is 3. The molecular formula is C21H27NO2. The summed E-state index contributed by atoms with van der Waals surface area (Å²) in [7, 11) is 3.33. The summed E-state index contributed by atoms with van der Waals surface area (Å²) in [5.41, 5.74) is 5.64. The number of nitrogens with one attached hydrogen (secondary N) is 1. The second-order valence-corrected chi connectivity index (χ2v) is 6.53. The molecular weight excluding hydrogens is 298 g/mol. The van der Waals surface area contributed by atoms with Crippen LogP contribution in [0.2, 0.25) is 0 Å². The van der Waals surface area contributed by atoms with Crippen LogP contribution in [0.25, 0.3) is 0 Å². The lowest BCUT2D eigenvalue weighted by molar-refractivity contribution is 0.354. The minimum Gasteiger partial charge on any atom is -0.493 e. The molecule has 0 radical (unpaired) electrons. The van der Waals surface area contributed by atoms with Gasteiger partial charge in [-0.2, -0.15) is 0 Å². The first-order valence-corrected chi connectivity index (χ1v) is 8.77. The van der Waals surface area contributed by atoms with Crippen molar-refractivity contribution < 1.29 is 9.47 Å². The summed E-state index contributed by atoms with van der Waals surface area (Å²) in [6.45, 7) is 3.03. The summed E-state index contributed by atoms with van der Waals surface area (Å²) in [6.07, 6.45) is 5.12. The normalized spacial score (nSPS) is 14.8. The zero-order valence-corrected chi connectivity index (χ0v) is 14.9. The second kappa shape index (κ2) is 7.71. The standard InChI is InChI=1S/C21H27NO2/c1-15(18-10-9-17-6-4-5-7-19(17)13-18)22-14-16-8-11-20(23-2)21(12-16)24-3/h8-13,15,22H,4-7,14H2,1-3H3. The molecule has 0 bridgehead atoms. The van der Waals surface area contributed by atoms with E-state index in [0.29, 0.717) is 6.04 Å². The molecule has 0 saturated carbocycles. The van der Waals surface area contributed by atoms with Crippen molar-refractivity contribution in [2.24, 2.45) is 0 Å². The van der Waals surface area contributed by atoms with E-state index in [0.717, 1.165) is 18.0 Å². The Bertz CT molecular complexity index is 696. The van der Waals surface area contributed by atoms with E-state index in [9.17, 15) is 0 Å². The van der Waals surface area contributed by atoms with Crippen molar-refractivity contribution in [2.75, 3.05) is 14.2 Å². The van der Waals surface area contributed by atoms with Crippen LogP contribution < -0.4 is 14.8 Å². The third-order valence-corrected chi connectivity index (χ3v) is 4.93. The molecule has 0 aromatic heterocycles. The van der Waals surface area contributed by atoms with Crippen LogP contribution in [0.3, 0.4) is 0 Å². The zero-order chi connectivity index (χ0) is 16.9. The molecule has 24 heavy (non-hydrogen) atoms. The highest BCUT2D eigenvalue weighted by atomic mass is 16.5. The molecule has 128 valence electrons. The molecule has 0 amide bonds. The lowest BCUT2D eigenvalue weighted by Gasteiger charge is -2.20. The van der Waals surface area contributed by atoms with Gasteiger partial charge in [0.15, 0.2) is 11.5 Å². The average Bonchev–Trinajstić information content (AvgIpc) is 2.65. The number of rotatable bonds is 6. The van der Waals surface area contributed by atoms with Gasteiger partial charge in [-0.25, -0.2) is 0 Å². The van der Waals surface area contributed by atoms with Gasteiger partial charge in [-0.3, -0.25) is 0 Å². The van der Waals surface area contributed by atoms with E-state index < -0.39 is 0 Å². The van der Waals surface area contributed by atoms with Crippen molar-refractivity contribution in [2.45, 2.75) is 45.2 Å². The predicted molar refractivity (Wildman–Crippen MR) is 97.9 cm³/mol. The fraction of sp³-hybridized carbons (Fsp3) is 0.429. The minimum atomic E-state index is 0.324. The lowest BCUT2D eigenvalue weighted by Crippen LogP contribution is -2.18. The summed E-state index contributed by atoms with van der Waals surface area (Å²) in [4.78, 5) is 0. The molecule has 0 fully saturated rings. The molecule has 2 aromatic carbocycles. The maximum absolute atomic E-state index is 5.38. The Morgan fingerprint density at radius 1 is 0.917 bits per heavy atom. The van der Waals surface area contributed by atoms with E-state index in [4.69, 9.17) is 9.47 Å². The maximum Gasteiger partial charge on any atom is 0.161 e. The minimum absolute atomic E-state index is 0.324. The Morgan fingerprint density at radius 3 is 2.42 bits per heavy atom. The topological polar surface area (TPSA) is 30.5 Å². The van der Waals surface area contributed by atoms with Crippen molar-refractivity contribution in [3.05, 3.63) is 58.7 Å². The molecule has 3 heteroatoms. The SMILES string of the molecule is COc1ccc(CNC(C)c2ccc3c(c2)CCCC3)cc1OC. The highest BCUT2D eigenvalue weighted by Gasteiger charge is 2.12. The molecule has 1 N–H and O–H groups in total. The number of benzene rings is 2. The van der Waals surface area contributed by atoms with Gasteiger partial charge in [0, 0.05) is 12.6 Å². The predicted octanol–water partition coefficient (Wildman–Crippen LogP) is 4.43. The van der Waals surface area contributed by atoms with Crippen molar-refractivity contribution >= 4 is 0 Å². The highest BCUT2D eigenvalue weighted by Crippen LogP contribution is 2.28. The van der Waals surface area contributed by atoms with Gasteiger partial charge in [-0.05, 0) is 67.0 Å². The van der Waals surface area contributed by atoms with E-state index in [-0.39, 0.29) is 0 Å². The van der Waals surface area contributed by atoms with Crippen LogP contribution in [0.15, 0.2) is 36.4 Å². The van der Waals surface area contributed by atoms with Crippen LogP contribution >= 0.6 is 0 Å². The summed E-state index contributed by atoms with van der Waals surface area (Å²) in [6, 6.07) is 13.4. The summed E-state index contributed by atoms with van der Waals surface area (Å²) in [5.74, 6) is 1.54. The molecule has 3 nitrogen and oxygen atoms in total. The highest BCUT2D eigenvalue weighted by molar-refractivity contribution is 5.43. The van der Waals surface area contributed by atoms with Gasteiger partial charge >= 0.3 is 0 Å². The van der Waals surface area contributed by atoms with E-state index in [1.165, 1.54) is 42.4 Å². The van der Waals surface area contributed by atoms with Crippen LogP contribution in [0, 0.1) is 0 Å². The van der Waals surface area contributed by atoms with Gasteiger partial charge in [0.2, 0.25) is 0 Å². The first kappa shape index (κ1) is 16.8. The molecule has 1 aliphatic rings. The number of ether oxygens (including phenoxy) is 2. The molecule has 0 heterocycles. The molecule has 1 aliphatic carbocycles. The third kappa shape index (κ3) is 3.73. The van der Waals surface area contributed by atoms with E-state index in [1.807, 2.05) is 12.1 Å². The quantitative estimate of drug-likeness (QED) is 0.852. The van der Waals surface area contributed by atoms with Crippen molar-refractivity contribution in [3.8, 4) is 11.5 Å². The Morgan fingerprint density at radius 2 is 1.67 bits per heavy atom. The molecule has 1 unspecified atom stereocenters. The Balaban J connectivity index is 1.66. The van der Waals surface area contributed by atoms with E-state index in [1.54, 1.807) is 19.8 Å². The van der Waals surface area contributed by atoms with Gasteiger partial charge in [-0.15, -0.1) is 0 Å². The van der Waals surface area contributed by atoms with Crippen molar-refractivity contribution in [1.82, 2.24) is 5.32 Å². The second-order valence-electron chi connectivity index (χ2n) is 6.53. The molecule has 3 rings (SSSR count). The van der Waals surface area contributed by atoms with E-state index in [2.05, 4.69) is 36.5 Å². The van der Waals surface area contributed by atoms with Gasteiger partial charge < -0.3 is 14.8 Å². The van der Waals surface area contributed by atoms with Crippen molar-refractivity contribution in [3.63, 3.8) is 0 Å². The number of fused-ring (bicyclic) bond motifs is 1. The van der Waals surface area contributed by atoms with Gasteiger partial charge in [-0.1, -0.05) is 24.3 Å². The lowest BCUT2D eigenvalue weighted by atomic mass is 9.89. The van der Waals surface area contributed by atoms with Crippen molar-refractivity contribution in [1.29, 1.82) is 0 Å². The third-order valence-electron chi connectivity index (χ3n) is 4.93. The summed E-state index contributed by atoms with van der Waals surface area (Å²) >= 11 is 0. The molecule has 2 aromatic rings. The molecule has 0 aliphatic heterocycles. The summed E-state index contributed by atoms with van der Waals surface area (Å²) in [5, 5.41) is 3.61. The summed E-state index contributed by atoms with van der Waals surface area (Å²) < 4.78 is 10.7. The molecule has 0 spiro atoms. The fourth-order valence-electron chi connectivity index (χ4n) is 3.40. The van der Waals surface area contributed by atoms with Crippen LogP contribution in [-0.2, 0) is 19.4 Å². The number of methoxy groups -OCH3 is 2. The van der Waals surface area contributed by atoms with Crippen LogP contribution in [0.1, 0.15) is 48.1 Å². The molecule has 1 atom stereocenters. The Kier molecular flexibility index (Phi) is 5.41.